The van der Waals surface area contributed by atoms with Crippen LogP contribution >= 0.6 is 0 Å². The minimum Gasteiger partial charge on any atom is -0.384 e. The van der Waals surface area contributed by atoms with Gasteiger partial charge in [0.15, 0.2) is 0 Å². The van der Waals surface area contributed by atoms with Crippen LogP contribution in [0.5, 0.6) is 0 Å². The van der Waals surface area contributed by atoms with Gasteiger partial charge >= 0.3 is 0 Å². The summed E-state index contributed by atoms with van der Waals surface area (Å²) in [6, 6.07) is 11.0. The molecule has 0 radical (unpaired) electrons. The van der Waals surface area contributed by atoms with E-state index in [0.717, 1.165) is 22.5 Å². The summed E-state index contributed by atoms with van der Waals surface area (Å²) in [6.07, 6.45) is 1.91. The molecule has 4 nitrogen and oxygen atoms in total. The van der Waals surface area contributed by atoms with E-state index in [2.05, 4.69) is 22.1 Å². The monoisotopic (exact) mass is 280 g/mol. The molecule has 4 heteroatoms. The van der Waals surface area contributed by atoms with E-state index in [1.807, 2.05) is 37.3 Å². The molecule has 1 aromatic carbocycles. The van der Waals surface area contributed by atoms with Gasteiger partial charge in [-0.25, -0.2) is 0 Å². The molecule has 2 N–H and O–H groups in total. The number of rotatable bonds is 3. The van der Waals surface area contributed by atoms with Gasteiger partial charge in [-0.2, -0.15) is 0 Å². The Morgan fingerprint density at radius 3 is 2.86 bits per heavy atom. The van der Waals surface area contributed by atoms with Crippen molar-refractivity contribution in [3.8, 4) is 11.8 Å². The van der Waals surface area contributed by atoms with Crippen molar-refractivity contribution in [1.82, 2.24) is 4.98 Å². The standard InChI is InChI=1S/C17H16N2O2/c1-13-11-16(8-7-14(13)5-4-10-20)19-17(21)12-15-6-2-3-9-18-15/h2-3,6-9,11,20H,10,12H2,1H3,(H,19,21). The minimum absolute atomic E-state index is 0.109. The van der Waals surface area contributed by atoms with Crippen molar-refractivity contribution >= 4 is 11.6 Å². The molecule has 106 valence electrons. The highest BCUT2D eigenvalue weighted by atomic mass is 16.2. The van der Waals surface area contributed by atoms with Gasteiger partial charge in [0.25, 0.3) is 0 Å². The van der Waals surface area contributed by atoms with Gasteiger partial charge in [0.05, 0.1) is 6.42 Å². The van der Waals surface area contributed by atoms with E-state index in [1.54, 1.807) is 12.3 Å². The molecule has 0 aliphatic rings. The average Bonchev–Trinajstić information content (AvgIpc) is 2.47. The molecule has 0 atom stereocenters. The van der Waals surface area contributed by atoms with Crippen molar-refractivity contribution in [2.75, 3.05) is 11.9 Å². The van der Waals surface area contributed by atoms with Crippen LogP contribution < -0.4 is 5.32 Å². The van der Waals surface area contributed by atoms with Crippen LogP contribution in [0.3, 0.4) is 0 Å². The molecule has 0 bridgehead atoms. The lowest BCUT2D eigenvalue weighted by molar-refractivity contribution is -0.115. The van der Waals surface area contributed by atoms with Gasteiger partial charge in [0.1, 0.15) is 6.61 Å². The predicted molar refractivity (Wildman–Crippen MR) is 81.7 cm³/mol. The van der Waals surface area contributed by atoms with E-state index in [0.29, 0.717) is 0 Å². The van der Waals surface area contributed by atoms with Crippen LogP contribution in [0.4, 0.5) is 5.69 Å². The summed E-state index contributed by atoms with van der Waals surface area (Å²) in [5.74, 6) is 5.36. The van der Waals surface area contributed by atoms with Crippen molar-refractivity contribution in [3.63, 3.8) is 0 Å². The lowest BCUT2D eigenvalue weighted by Crippen LogP contribution is -2.15. The number of aryl methyl sites for hydroxylation is 1. The largest absolute Gasteiger partial charge is 0.384 e. The predicted octanol–water partition coefficient (Wildman–Crippen LogP) is 1.92. The summed E-state index contributed by atoms with van der Waals surface area (Å²) in [6.45, 7) is 1.75. The van der Waals surface area contributed by atoms with Crippen molar-refractivity contribution in [3.05, 3.63) is 59.4 Å². The van der Waals surface area contributed by atoms with Crippen LogP contribution in [0, 0.1) is 18.8 Å². The van der Waals surface area contributed by atoms with Gasteiger partial charge in [-0.05, 0) is 42.8 Å². The molecule has 0 unspecified atom stereocenters. The third kappa shape index (κ3) is 4.44. The van der Waals surface area contributed by atoms with E-state index in [9.17, 15) is 4.79 Å². The van der Waals surface area contributed by atoms with Gasteiger partial charge in [0, 0.05) is 23.1 Å². The molecule has 21 heavy (non-hydrogen) atoms. The quantitative estimate of drug-likeness (QED) is 0.844. The smallest absolute Gasteiger partial charge is 0.230 e. The van der Waals surface area contributed by atoms with Crippen LogP contribution in [-0.4, -0.2) is 22.6 Å². The van der Waals surface area contributed by atoms with Gasteiger partial charge in [0.2, 0.25) is 5.91 Å². The van der Waals surface area contributed by atoms with E-state index in [4.69, 9.17) is 5.11 Å². The second-order valence-corrected chi connectivity index (χ2v) is 4.54. The van der Waals surface area contributed by atoms with Gasteiger partial charge in [-0.1, -0.05) is 17.9 Å². The molecular weight excluding hydrogens is 264 g/mol. The number of pyridine rings is 1. The zero-order chi connectivity index (χ0) is 15.1. The van der Waals surface area contributed by atoms with Crippen molar-refractivity contribution in [1.29, 1.82) is 0 Å². The minimum atomic E-state index is -0.165. The molecule has 0 aliphatic heterocycles. The highest BCUT2D eigenvalue weighted by molar-refractivity contribution is 5.92. The fourth-order valence-corrected chi connectivity index (χ4v) is 1.89. The molecule has 2 aromatic rings. The van der Waals surface area contributed by atoms with Gasteiger partial charge < -0.3 is 10.4 Å². The first-order valence-electron chi connectivity index (χ1n) is 6.59. The van der Waals surface area contributed by atoms with Crippen LogP contribution in [0.2, 0.25) is 0 Å². The van der Waals surface area contributed by atoms with E-state index in [1.165, 1.54) is 0 Å². The summed E-state index contributed by atoms with van der Waals surface area (Å²) >= 11 is 0. The maximum absolute atomic E-state index is 11.9. The number of aliphatic hydroxyl groups is 1. The second kappa shape index (κ2) is 7.22. The molecular formula is C17H16N2O2. The van der Waals surface area contributed by atoms with E-state index >= 15 is 0 Å². The number of aliphatic hydroxyl groups excluding tert-OH is 1. The summed E-state index contributed by atoms with van der Waals surface area (Å²) in [7, 11) is 0. The third-order valence-electron chi connectivity index (χ3n) is 2.88. The Balaban J connectivity index is 2.03. The number of nitrogens with zero attached hydrogens (tertiary/aromatic N) is 1. The fourth-order valence-electron chi connectivity index (χ4n) is 1.89. The number of carbonyl (C=O) groups is 1. The van der Waals surface area contributed by atoms with E-state index < -0.39 is 0 Å². The number of hydrogen-bond acceptors (Lipinski definition) is 3. The maximum Gasteiger partial charge on any atom is 0.230 e. The highest BCUT2D eigenvalue weighted by Gasteiger charge is 2.05. The number of nitrogens with one attached hydrogen (secondary N) is 1. The zero-order valence-corrected chi connectivity index (χ0v) is 11.8. The molecule has 0 aliphatic carbocycles. The Labute approximate surface area is 123 Å². The fraction of sp³-hybridized carbons (Fsp3) is 0.176. The van der Waals surface area contributed by atoms with Crippen LogP contribution in [0.25, 0.3) is 0 Å². The Bertz CT molecular complexity index is 685. The molecule has 1 amide bonds. The Morgan fingerprint density at radius 2 is 2.19 bits per heavy atom. The number of carbonyl (C=O) groups excluding carboxylic acids is 1. The Kier molecular flexibility index (Phi) is 5.08. The van der Waals surface area contributed by atoms with Crippen LogP contribution in [0.15, 0.2) is 42.6 Å². The Morgan fingerprint density at radius 1 is 1.33 bits per heavy atom. The number of amides is 1. The molecule has 1 heterocycles. The average molecular weight is 280 g/mol. The number of benzene rings is 1. The van der Waals surface area contributed by atoms with Crippen LogP contribution in [-0.2, 0) is 11.2 Å². The number of hydrogen-bond donors (Lipinski definition) is 2. The maximum atomic E-state index is 11.9. The molecule has 0 spiro atoms. The number of aromatic nitrogens is 1. The summed E-state index contributed by atoms with van der Waals surface area (Å²) in [5.41, 5.74) is 3.25. The second-order valence-electron chi connectivity index (χ2n) is 4.54. The molecule has 2 rings (SSSR count). The SMILES string of the molecule is Cc1cc(NC(=O)Cc2ccccn2)ccc1C#CCO. The van der Waals surface area contributed by atoms with Crippen LogP contribution in [0.1, 0.15) is 16.8 Å². The first kappa shape index (κ1) is 14.8. The highest BCUT2D eigenvalue weighted by Crippen LogP contribution is 2.14. The lowest BCUT2D eigenvalue weighted by atomic mass is 10.1. The summed E-state index contributed by atoms with van der Waals surface area (Å²) < 4.78 is 0. The topological polar surface area (TPSA) is 62.2 Å². The molecule has 1 aromatic heterocycles. The zero-order valence-electron chi connectivity index (χ0n) is 11.8. The summed E-state index contributed by atoms with van der Waals surface area (Å²) in [5, 5.41) is 11.5. The van der Waals surface area contributed by atoms with Crippen molar-refractivity contribution in [2.24, 2.45) is 0 Å². The Hall–Kier alpha value is -2.64. The van der Waals surface area contributed by atoms with Gasteiger partial charge in [-0.15, -0.1) is 0 Å². The van der Waals surface area contributed by atoms with Crippen molar-refractivity contribution < 1.29 is 9.90 Å². The van der Waals surface area contributed by atoms with E-state index in [-0.39, 0.29) is 18.9 Å². The first-order valence-corrected chi connectivity index (χ1v) is 6.59. The molecule has 0 saturated heterocycles. The van der Waals surface area contributed by atoms with Crippen molar-refractivity contribution in [2.45, 2.75) is 13.3 Å². The lowest BCUT2D eigenvalue weighted by Gasteiger charge is -2.07. The first-order chi connectivity index (χ1) is 10.2. The molecule has 0 fully saturated rings. The summed E-state index contributed by atoms with van der Waals surface area (Å²) in [4.78, 5) is 16.1. The normalized spacial score (nSPS) is 9.62. The number of anilines is 1. The molecule has 0 saturated carbocycles. The van der Waals surface area contributed by atoms with Gasteiger partial charge in [-0.3, -0.25) is 9.78 Å². The third-order valence-corrected chi connectivity index (χ3v) is 2.88.